The summed E-state index contributed by atoms with van der Waals surface area (Å²) in [5.41, 5.74) is 48.7. The highest BCUT2D eigenvalue weighted by molar-refractivity contribution is 6.78. The molecular weight excluding hydrogens is 871 g/mol. The molecular formula is C46H56B28O. The van der Waals surface area contributed by atoms with Crippen molar-refractivity contribution >= 4 is 438 Å². The number of furan rings is 1. The lowest BCUT2D eigenvalue weighted by Gasteiger charge is -2.33. The van der Waals surface area contributed by atoms with Gasteiger partial charge in [-0.05, 0) is 76.5 Å². The van der Waals surface area contributed by atoms with Crippen LogP contribution in [-0.2, 0) is 0 Å². The van der Waals surface area contributed by atoms with Crippen LogP contribution >= 0.6 is 0 Å². The van der Waals surface area contributed by atoms with Gasteiger partial charge in [0.05, 0.1) is 0 Å². The molecule has 0 fully saturated rings. The van der Waals surface area contributed by atoms with Gasteiger partial charge in [-0.3, -0.25) is 0 Å². The fourth-order valence-electron chi connectivity index (χ4n) is 15.1. The molecule has 0 unspecified atom stereocenters. The molecule has 29 heteroatoms. The van der Waals surface area contributed by atoms with Crippen molar-refractivity contribution in [3.63, 3.8) is 0 Å². The molecule has 0 aliphatic rings. The lowest BCUT2D eigenvalue weighted by Crippen LogP contribution is -2.52. The van der Waals surface area contributed by atoms with Crippen molar-refractivity contribution in [1.82, 2.24) is 0 Å². The van der Waals surface area contributed by atoms with E-state index in [1.807, 2.05) is 0 Å². The maximum Gasteiger partial charge on any atom is 0.143 e. The Bertz CT molecular complexity index is 4360. The molecule has 1 heterocycles. The Labute approximate surface area is 472 Å². The summed E-state index contributed by atoms with van der Waals surface area (Å²) < 4.78 is 7.09. The molecule has 0 N–H and O–H groups in total. The van der Waals surface area contributed by atoms with Gasteiger partial charge in [0.25, 0.3) is 0 Å². The van der Waals surface area contributed by atoms with Gasteiger partial charge in [0.2, 0.25) is 0 Å². The average Bonchev–Trinajstić information content (AvgIpc) is 3.79. The van der Waals surface area contributed by atoms with Crippen molar-refractivity contribution < 1.29 is 4.42 Å². The lowest BCUT2D eigenvalue weighted by molar-refractivity contribution is 0.675. The molecule has 0 amide bonds. The van der Waals surface area contributed by atoms with E-state index < -0.39 is 0 Å². The van der Waals surface area contributed by atoms with E-state index >= 15 is 0 Å². The molecule has 0 aliphatic carbocycles. The van der Waals surface area contributed by atoms with E-state index in [1.165, 1.54) is 240 Å². The molecule has 10 rings (SSSR count). The Morgan fingerprint density at radius 2 is 0.320 bits per heavy atom. The fraction of sp³-hybridized carbons (Fsp3) is 0. The molecule has 0 saturated heterocycles. The number of rotatable bonds is 3. The van der Waals surface area contributed by atoms with E-state index in [1.54, 1.807) is 0 Å². The maximum atomic E-state index is 7.09. The van der Waals surface area contributed by atoms with Crippen LogP contribution in [0.3, 0.4) is 0 Å². The van der Waals surface area contributed by atoms with E-state index in [0.29, 0.717) is 0 Å². The third-order valence-corrected chi connectivity index (χ3v) is 21.7. The molecule has 0 atom stereocenters. The van der Waals surface area contributed by atoms with Crippen molar-refractivity contribution in [1.29, 1.82) is 0 Å². The first kappa shape index (κ1) is 54.0. The molecule has 0 spiro atoms. The van der Waals surface area contributed by atoms with E-state index in [0.717, 1.165) is 11.2 Å². The van der Waals surface area contributed by atoms with Gasteiger partial charge in [-0.25, -0.2) is 0 Å². The minimum absolute atomic E-state index is 1.03. The predicted octanol–water partition coefficient (Wildman–Crippen LogP) is -35.6. The summed E-state index contributed by atoms with van der Waals surface area (Å²) in [4.78, 5) is 0. The van der Waals surface area contributed by atoms with E-state index in [9.17, 15) is 0 Å². The van der Waals surface area contributed by atoms with Crippen LogP contribution in [0.25, 0.3) is 98.4 Å². The largest absolute Gasteiger partial charge is 0.457 e. The summed E-state index contributed by atoms with van der Waals surface area (Å²) in [7, 11) is 66.6. The van der Waals surface area contributed by atoms with Gasteiger partial charge in [-0.1, -0.05) is 98.3 Å². The van der Waals surface area contributed by atoms with Crippen LogP contribution in [0.5, 0.6) is 0 Å². The number of hydrogen-bond acceptors (Lipinski definition) is 1. The second-order valence-electron chi connectivity index (χ2n) is 24.3. The Morgan fingerprint density at radius 3 is 0.693 bits per heavy atom. The number of hydrogen-bond donors (Lipinski definition) is 0. The summed E-state index contributed by atoms with van der Waals surface area (Å²) in [5, 5.41) is 13.8. The van der Waals surface area contributed by atoms with Crippen LogP contribution in [-0.4, -0.2) is 220 Å². The van der Waals surface area contributed by atoms with Gasteiger partial charge in [0, 0.05) is 10.8 Å². The molecule has 10 aromatic rings. The summed E-state index contributed by atoms with van der Waals surface area (Å²) in [6.07, 6.45) is 0. The molecule has 0 bridgehead atoms. The van der Waals surface area contributed by atoms with Crippen LogP contribution in [0.2, 0.25) is 0 Å². The normalized spacial score (nSPS) is 11.9. The average molecular weight is 928 g/mol. The van der Waals surface area contributed by atoms with Crippen LogP contribution in [0.15, 0.2) is 4.42 Å². The van der Waals surface area contributed by atoms with Gasteiger partial charge in [0.1, 0.15) is 231 Å². The highest BCUT2D eigenvalue weighted by Crippen LogP contribution is 2.40. The Morgan fingerprint density at radius 1 is 0.120 bits per heavy atom. The van der Waals surface area contributed by atoms with Crippen molar-refractivity contribution in [2.75, 3.05) is 0 Å². The minimum atomic E-state index is 1.03. The predicted molar refractivity (Wildman–Crippen MR) is 429 cm³/mol. The van der Waals surface area contributed by atoms with Crippen molar-refractivity contribution in [3.05, 3.63) is 0 Å². The van der Waals surface area contributed by atoms with Crippen molar-refractivity contribution in [2.24, 2.45) is 0 Å². The lowest BCUT2D eigenvalue weighted by atomic mass is 9.55. The first-order valence-electron chi connectivity index (χ1n) is 27.9. The smallest absolute Gasteiger partial charge is 0.143 e. The third kappa shape index (κ3) is 6.85. The van der Waals surface area contributed by atoms with Crippen molar-refractivity contribution in [3.8, 4) is 33.4 Å². The van der Waals surface area contributed by atoms with E-state index in [-0.39, 0.29) is 0 Å². The summed E-state index contributed by atoms with van der Waals surface area (Å²) >= 11 is 0. The maximum absolute atomic E-state index is 7.09. The third-order valence-electron chi connectivity index (χ3n) is 21.7. The molecule has 9 aromatic carbocycles. The molecule has 1 aromatic heterocycles. The summed E-state index contributed by atoms with van der Waals surface area (Å²) in [6.45, 7) is 0. The number of fused-ring (bicyclic) bond motifs is 8. The summed E-state index contributed by atoms with van der Waals surface area (Å²) in [5.74, 6) is 0. The molecule has 0 aliphatic heterocycles. The quantitative estimate of drug-likeness (QED) is 0.0978. The number of benzene rings is 9. The van der Waals surface area contributed by atoms with Gasteiger partial charge >= 0.3 is 0 Å². The first-order valence-corrected chi connectivity index (χ1v) is 27.9. The minimum Gasteiger partial charge on any atom is -0.457 e. The van der Waals surface area contributed by atoms with Crippen molar-refractivity contribution in [2.45, 2.75) is 0 Å². The Hall–Kier alpha value is -4.36. The second kappa shape index (κ2) is 18.1. The molecule has 0 saturated carbocycles. The molecule has 75 heavy (non-hydrogen) atoms. The molecule has 0 radical (unpaired) electrons. The van der Waals surface area contributed by atoms with E-state index in [2.05, 4.69) is 220 Å². The zero-order chi connectivity index (χ0) is 55.3. The Balaban J connectivity index is 1.52. The monoisotopic (exact) mass is 933 g/mol. The van der Waals surface area contributed by atoms with Gasteiger partial charge in [0.15, 0.2) is 0 Å². The topological polar surface area (TPSA) is 13.1 Å². The Kier molecular flexibility index (Phi) is 13.0. The van der Waals surface area contributed by atoms with Gasteiger partial charge in [-0.2, -0.15) is 0 Å². The molecule has 330 valence electrons. The van der Waals surface area contributed by atoms with E-state index in [4.69, 9.17) is 4.42 Å². The van der Waals surface area contributed by atoms with Gasteiger partial charge < -0.3 is 4.42 Å². The van der Waals surface area contributed by atoms with Crippen LogP contribution in [0, 0.1) is 0 Å². The van der Waals surface area contributed by atoms with Gasteiger partial charge in [-0.15, -0.1) is 54.6 Å². The van der Waals surface area contributed by atoms with Crippen LogP contribution in [0.1, 0.15) is 0 Å². The second-order valence-corrected chi connectivity index (χ2v) is 24.3. The SMILES string of the molecule is Bc1c(B)c(-c2c3c(B)c(B)c(B)c(B)c3c(-c3c(B)c(B)c4oc5c(B)c(B)c(B)c(B)c5c4c3B)c3c(B)c(B)c(B)c(B)c23)c(B)c(-c2c(B)c3c(B)c(B)c(B)c(B)c3c3c(B)c(B)c(B)c(B)c23)c1B. The highest BCUT2D eigenvalue weighted by atomic mass is 16.3. The fourth-order valence-corrected chi connectivity index (χ4v) is 15.1. The molecule has 1 nitrogen and oxygen atoms in total. The highest BCUT2D eigenvalue weighted by Gasteiger charge is 2.32. The zero-order valence-corrected chi connectivity index (χ0v) is 51.4. The van der Waals surface area contributed by atoms with Crippen LogP contribution < -0.4 is 153 Å². The standard InChI is InChI=1S/C46H56B28O/c47-17-9(7-8(25(55)38(68)37(67)24(7)54)10-14(17)29(59)40(70)39(69)26(10)56)13-18(48)11(27(57)32(62)28(13)58)1-3-5(22(52)35(65)33(63)20(3)50)2(6-4(1)21(51)34(64)36(66)23(6)53)12-19(49)15-16-31(61)41(71)42(72)44(74)46(16)75-45(15)43(73)30(12)60/h47-74H2. The summed E-state index contributed by atoms with van der Waals surface area (Å²) in [6, 6.07) is 0. The van der Waals surface area contributed by atoms with Crippen LogP contribution in [0.4, 0.5) is 0 Å². The first-order chi connectivity index (χ1) is 35.0. The zero-order valence-electron chi connectivity index (χ0n) is 51.4.